The Hall–Kier alpha value is -2.51. The van der Waals surface area contributed by atoms with E-state index in [9.17, 15) is 9.59 Å². The van der Waals surface area contributed by atoms with Crippen molar-refractivity contribution in [3.8, 4) is 16.3 Å². The summed E-state index contributed by atoms with van der Waals surface area (Å²) in [5, 5.41) is 2.72. The van der Waals surface area contributed by atoms with Crippen molar-refractivity contribution >= 4 is 34.4 Å². The predicted octanol–water partition coefficient (Wildman–Crippen LogP) is 5.20. The molecule has 0 fully saturated rings. The number of aromatic nitrogens is 1. The molecule has 0 amide bonds. The zero-order valence-electron chi connectivity index (χ0n) is 16.0. The molecule has 0 aliphatic rings. The van der Waals surface area contributed by atoms with E-state index in [0.29, 0.717) is 11.3 Å². The van der Waals surface area contributed by atoms with Crippen molar-refractivity contribution < 1.29 is 19.1 Å². The van der Waals surface area contributed by atoms with Crippen LogP contribution >= 0.6 is 22.7 Å². The molecule has 0 aliphatic carbocycles. The normalized spacial score (nSPS) is 10.7. The maximum atomic E-state index is 12.2. The Morgan fingerprint density at radius 3 is 2.50 bits per heavy atom. The van der Waals surface area contributed by atoms with Gasteiger partial charge in [-0.05, 0) is 44.2 Å². The van der Waals surface area contributed by atoms with E-state index in [0.717, 1.165) is 26.1 Å². The van der Waals surface area contributed by atoms with Gasteiger partial charge in [-0.3, -0.25) is 9.59 Å². The first-order chi connectivity index (χ1) is 13.5. The molecule has 1 aromatic carbocycles. The average Bonchev–Trinajstić information content (AvgIpc) is 3.30. The molecule has 146 valence electrons. The van der Waals surface area contributed by atoms with E-state index in [4.69, 9.17) is 9.47 Å². The molecule has 0 radical (unpaired) electrons. The van der Waals surface area contributed by atoms with Crippen LogP contribution in [0.1, 0.15) is 38.6 Å². The van der Waals surface area contributed by atoms with E-state index >= 15 is 0 Å². The van der Waals surface area contributed by atoms with Gasteiger partial charge in [0.2, 0.25) is 0 Å². The Morgan fingerprint density at radius 1 is 1.11 bits per heavy atom. The van der Waals surface area contributed by atoms with Crippen LogP contribution in [0, 0.1) is 13.8 Å². The zero-order chi connectivity index (χ0) is 20.1. The minimum absolute atomic E-state index is 0.0192. The number of methoxy groups -OCH3 is 1. The molecule has 3 aromatic rings. The zero-order valence-corrected chi connectivity index (χ0v) is 17.6. The first-order valence-electron chi connectivity index (χ1n) is 8.81. The largest absolute Gasteiger partial charge is 0.497 e. The summed E-state index contributed by atoms with van der Waals surface area (Å²) in [4.78, 5) is 30.8. The summed E-state index contributed by atoms with van der Waals surface area (Å²) >= 11 is 3.08. The Morgan fingerprint density at radius 2 is 1.86 bits per heavy atom. The number of carbonyl (C=O) groups is 2. The molecule has 2 aromatic heterocycles. The smallest absolute Gasteiger partial charge is 0.306 e. The van der Waals surface area contributed by atoms with Crippen LogP contribution in [0.4, 0.5) is 0 Å². The molecule has 0 aliphatic heterocycles. The van der Waals surface area contributed by atoms with Crippen molar-refractivity contribution in [2.45, 2.75) is 33.3 Å². The summed E-state index contributed by atoms with van der Waals surface area (Å²) in [6, 6.07) is 9.51. The Bertz CT molecular complexity index is 973. The fourth-order valence-corrected chi connectivity index (χ4v) is 4.48. The number of carbonyl (C=O) groups excluding carboxylic acids is 2. The van der Waals surface area contributed by atoms with Crippen molar-refractivity contribution in [3.63, 3.8) is 0 Å². The molecule has 0 spiro atoms. The van der Waals surface area contributed by atoms with E-state index in [1.807, 2.05) is 49.6 Å². The molecule has 3 rings (SSSR count). The Kier molecular flexibility index (Phi) is 6.59. The van der Waals surface area contributed by atoms with Crippen LogP contribution in [-0.2, 0) is 16.1 Å². The third-order valence-electron chi connectivity index (χ3n) is 4.17. The van der Waals surface area contributed by atoms with Crippen molar-refractivity contribution in [2.24, 2.45) is 0 Å². The first-order valence-corrected chi connectivity index (χ1v) is 10.5. The molecule has 0 bridgehead atoms. The highest BCUT2D eigenvalue weighted by Crippen LogP contribution is 2.26. The summed E-state index contributed by atoms with van der Waals surface area (Å²) in [5.41, 5.74) is 2.38. The quantitative estimate of drug-likeness (QED) is 0.373. The van der Waals surface area contributed by atoms with Crippen LogP contribution in [0.2, 0.25) is 0 Å². The summed E-state index contributed by atoms with van der Waals surface area (Å²) in [5.74, 6) is 0.378. The lowest BCUT2D eigenvalue weighted by Crippen LogP contribution is -2.08. The highest BCUT2D eigenvalue weighted by atomic mass is 32.1. The summed E-state index contributed by atoms with van der Waals surface area (Å²) < 4.78 is 10.4. The minimum atomic E-state index is -0.392. The van der Waals surface area contributed by atoms with Crippen molar-refractivity contribution in [1.82, 2.24) is 4.98 Å². The highest BCUT2D eigenvalue weighted by Gasteiger charge is 2.15. The maximum absolute atomic E-state index is 12.2. The standard InChI is InChI=1S/C21H21NO4S2/c1-13-10-18(14(2)28-13)19(23)8-9-20(24)26-11-16-12-27-21(22-16)15-4-6-17(25-3)7-5-15/h4-7,10,12H,8-9,11H2,1-3H3. The SMILES string of the molecule is COc1ccc(-c2nc(COC(=O)CCC(=O)c3cc(C)sc3C)cs2)cc1. The lowest BCUT2D eigenvalue weighted by atomic mass is 10.1. The summed E-state index contributed by atoms with van der Waals surface area (Å²) in [7, 11) is 1.63. The van der Waals surface area contributed by atoms with Gasteiger partial charge in [0, 0.05) is 32.7 Å². The van der Waals surface area contributed by atoms with E-state index in [1.54, 1.807) is 18.4 Å². The van der Waals surface area contributed by atoms with Crippen LogP contribution in [0.15, 0.2) is 35.7 Å². The number of thiazole rings is 1. The number of Topliss-reactive ketones (excluding diaryl/α,β-unsaturated/α-hetero) is 1. The Labute approximate surface area is 172 Å². The number of aryl methyl sites for hydroxylation is 2. The lowest BCUT2D eigenvalue weighted by molar-refractivity contribution is -0.145. The van der Waals surface area contributed by atoms with Gasteiger partial charge in [-0.15, -0.1) is 22.7 Å². The Balaban J connectivity index is 1.49. The summed E-state index contributed by atoms with van der Waals surface area (Å²) in [6.45, 7) is 4.00. The van der Waals surface area contributed by atoms with Crippen LogP contribution in [0.25, 0.3) is 10.6 Å². The fraction of sp³-hybridized carbons (Fsp3) is 0.286. The number of rotatable bonds is 8. The minimum Gasteiger partial charge on any atom is -0.497 e. The molecule has 0 saturated heterocycles. The summed E-state index contributed by atoms with van der Waals surface area (Å²) in [6.07, 6.45) is 0.229. The van der Waals surface area contributed by atoms with Crippen molar-refractivity contribution in [2.75, 3.05) is 7.11 Å². The molecule has 7 heteroatoms. The van der Waals surface area contributed by atoms with Gasteiger partial charge < -0.3 is 9.47 Å². The predicted molar refractivity (Wildman–Crippen MR) is 111 cm³/mol. The third-order valence-corrected chi connectivity index (χ3v) is 6.07. The van der Waals surface area contributed by atoms with Gasteiger partial charge in [0.25, 0.3) is 0 Å². The molecule has 0 saturated carbocycles. The van der Waals surface area contributed by atoms with Crippen LogP contribution in [0.5, 0.6) is 5.75 Å². The first kappa shape index (κ1) is 20.2. The molecule has 2 heterocycles. The van der Waals surface area contributed by atoms with Gasteiger partial charge in [-0.2, -0.15) is 0 Å². The highest BCUT2D eigenvalue weighted by molar-refractivity contribution is 7.13. The maximum Gasteiger partial charge on any atom is 0.306 e. The van der Waals surface area contributed by atoms with Gasteiger partial charge in [0.15, 0.2) is 5.78 Å². The van der Waals surface area contributed by atoms with Crippen molar-refractivity contribution in [3.05, 3.63) is 56.7 Å². The fourth-order valence-electron chi connectivity index (χ4n) is 2.72. The second kappa shape index (κ2) is 9.12. The lowest BCUT2D eigenvalue weighted by Gasteiger charge is -2.03. The van der Waals surface area contributed by atoms with Gasteiger partial charge in [0.1, 0.15) is 17.4 Å². The number of hydrogen-bond donors (Lipinski definition) is 0. The van der Waals surface area contributed by atoms with E-state index in [-0.39, 0.29) is 25.2 Å². The number of hydrogen-bond acceptors (Lipinski definition) is 7. The monoisotopic (exact) mass is 415 g/mol. The molecule has 0 atom stereocenters. The number of benzene rings is 1. The van der Waals surface area contributed by atoms with Gasteiger partial charge in [-0.25, -0.2) is 4.98 Å². The second-order valence-corrected chi connectivity index (χ2v) is 8.60. The molecule has 5 nitrogen and oxygen atoms in total. The topological polar surface area (TPSA) is 65.5 Å². The molecule has 28 heavy (non-hydrogen) atoms. The molecule has 0 N–H and O–H groups in total. The third kappa shape index (κ3) is 5.05. The number of esters is 1. The number of thiophene rings is 1. The van der Waals surface area contributed by atoms with Crippen LogP contribution in [0.3, 0.4) is 0 Å². The van der Waals surface area contributed by atoms with Gasteiger partial charge in [-0.1, -0.05) is 0 Å². The average molecular weight is 416 g/mol. The molecular formula is C21H21NO4S2. The molecular weight excluding hydrogens is 394 g/mol. The number of ketones is 1. The van der Waals surface area contributed by atoms with Gasteiger partial charge >= 0.3 is 5.97 Å². The molecule has 0 unspecified atom stereocenters. The van der Waals surface area contributed by atoms with Crippen molar-refractivity contribution in [1.29, 1.82) is 0 Å². The van der Waals surface area contributed by atoms with E-state index in [2.05, 4.69) is 4.98 Å². The van der Waals surface area contributed by atoms with Crippen LogP contribution in [-0.4, -0.2) is 23.8 Å². The van der Waals surface area contributed by atoms with Crippen LogP contribution < -0.4 is 4.74 Å². The second-order valence-electron chi connectivity index (χ2n) is 6.28. The number of ether oxygens (including phenoxy) is 2. The van der Waals surface area contributed by atoms with E-state index in [1.165, 1.54) is 11.3 Å². The number of nitrogens with zero attached hydrogens (tertiary/aromatic N) is 1. The van der Waals surface area contributed by atoms with E-state index < -0.39 is 5.97 Å². The van der Waals surface area contributed by atoms with Gasteiger partial charge in [0.05, 0.1) is 19.2 Å².